The number of nitrogen functional groups attached to an aromatic ring is 2. The number of amides is 1. The van der Waals surface area contributed by atoms with E-state index in [1.807, 2.05) is 66.8 Å². The number of hydrogen-bond acceptors (Lipinski definition) is 9. The number of anilines is 2. The summed E-state index contributed by atoms with van der Waals surface area (Å²) in [6.45, 7) is 9.24. The van der Waals surface area contributed by atoms with Crippen molar-refractivity contribution in [3.63, 3.8) is 0 Å². The van der Waals surface area contributed by atoms with E-state index in [4.69, 9.17) is 39.8 Å². The van der Waals surface area contributed by atoms with Crippen LogP contribution in [0, 0.1) is 27.7 Å². The van der Waals surface area contributed by atoms with Gasteiger partial charge >= 0.3 is 5.97 Å². The van der Waals surface area contributed by atoms with Crippen molar-refractivity contribution in [2.75, 3.05) is 24.6 Å². The van der Waals surface area contributed by atoms with Crippen molar-refractivity contribution in [1.29, 1.82) is 0 Å². The summed E-state index contributed by atoms with van der Waals surface area (Å²) in [5.41, 5.74) is 20.0. The summed E-state index contributed by atoms with van der Waals surface area (Å²) in [4.78, 5) is 34.5. The third-order valence-corrected chi connectivity index (χ3v) is 10.8. The Labute approximate surface area is 329 Å². The largest absolute Gasteiger partial charge is 0.478 e. The summed E-state index contributed by atoms with van der Waals surface area (Å²) in [6.07, 6.45) is 10.4. The second-order valence-corrected chi connectivity index (χ2v) is 14.8. The van der Waals surface area contributed by atoms with Crippen LogP contribution >= 0.6 is 23.2 Å². The molecule has 0 bridgehead atoms. The molecule has 8 rings (SSSR count). The molecule has 2 aliphatic heterocycles. The summed E-state index contributed by atoms with van der Waals surface area (Å²) < 4.78 is 3.54. The molecule has 2 atom stereocenters. The van der Waals surface area contributed by atoms with Gasteiger partial charge in [-0.2, -0.15) is 10.2 Å². The summed E-state index contributed by atoms with van der Waals surface area (Å²) in [6, 6.07) is 14.8. The number of aromatic nitrogens is 6. The molecule has 2 aromatic carbocycles. The van der Waals surface area contributed by atoms with Crippen LogP contribution in [0.1, 0.15) is 105 Å². The first-order chi connectivity index (χ1) is 26.3. The lowest BCUT2D eigenvalue weighted by Crippen LogP contribution is -2.39. The maximum absolute atomic E-state index is 13.3. The maximum Gasteiger partial charge on any atom is 0.338 e. The van der Waals surface area contributed by atoms with E-state index in [2.05, 4.69) is 25.5 Å². The Kier molecular flexibility index (Phi) is 12.2. The second-order valence-electron chi connectivity index (χ2n) is 14.1. The zero-order valence-corrected chi connectivity index (χ0v) is 32.9. The van der Waals surface area contributed by atoms with E-state index >= 15 is 0 Å². The molecule has 2 aliphatic rings. The lowest BCUT2D eigenvalue weighted by atomic mass is 9.96. The molecular weight excluding hydrogens is 739 g/mol. The van der Waals surface area contributed by atoms with Crippen molar-refractivity contribution in [2.24, 2.45) is 0 Å². The van der Waals surface area contributed by atoms with Crippen molar-refractivity contribution in [3.8, 4) is 0 Å². The number of aryl methyl sites for hydroxylation is 4. The Hall–Kier alpha value is -5.24. The number of benzene rings is 2. The van der Waals surface area contributed by atoms with E-state index in [1.54, 1.807) is 35.7 Å². The standard InChI is InChI=1S/C20H22ClN5O.C12H15ClN4.C8H9NO2/c1-12-6-5-7-14(22)18(12)20(27)25-9-4-3-8-16(25)15-10-17-23-19(21)13(2)11-26(17)24-15;1-8-7-17-11(15-12(8)13)6-10(16-17)9-4-2-3-5-14-9;1-5-3-2-4-6(9)7(5)8(10)11/h5-7,10-11,16H,3-4,8-9,22H2,1-2H3;6-7,9,14H,2-5H2,1H3;2-4H,9H2,1H3,(H,10,11)/t16-;9-;/m00./s1. The topological polar surface area (TPSA) is 182 Å². The highest BCUT2D eigenvalue weighted by molar-refractivity contribution is 6.30. The molecule has 6 aromatic rings. The van der Waals surface area contributed by atoms with E-state index in [1.165, 1.54) is 12.8 Å². The number of aromatic carboxylic acids is 1. The highest BCUT2D eigenvalue weighted by Gasteiger charge is 2.32. The van der Waals surface area contributed by atoms with Crippen molar-refractivity contribution < 1.29 is 14.7 Å². The smallest absolute Gasteiger partial charge is 0.338 e. The van der Waals surface area contributed by atoms with Crippen LogP contribution in [0.2, 0.25) is 10.3 Å². The summed E-state index contributed by atoms with van der Waals surface area (Å²) in [7, 11) is 0. The number of halogens is 2. The molecule has 55 heavy (non-hydrogen) atoms. The first kappa shape index (κ1) is 39.5. The van der Waals surface area contributed by atoms with E-state index in [0.29, 0.717) is 51.0 Å². The minimum atomic E-state index is -0.972. The number of piperidine rings is 2. The molecule has 0 saturated carbocycles. The first-order valence-electron chi connectivity index (χ1n) is 18.3. The predicted molar refractivity (Wildman–Crippen MR) is 216 cm³/mol. The van der Waals surface area contributed by atoms with Crippen LogP contribution in [0.4, 0.5) is 11.4 Å². The Bertz CT molecular complexity index is 2230. The van der Waals surface area contributed by atoms with E-state index in [-0.39, 0.29) is 17.5 Å². The molecule has 2 saturated heterocycles. The van der Waals surface area contributed by atoms with Crippen LogP contribution in [0.25, 0.3) is 11.3 Å². The monoisotopic (exact) mass is 784 g/mol. The number of hydrogen-bond donors (Lipinski definition) is 4. The molecule has 0 aliphatic carbocycles. The lowest BCUT2D eigenvalue weighted by Gasteiger charge is -2.35. The minimum absolute atomic E-state index is 0.0328. The van der Waals surface area contributed by atoms with E-state index < -0.39 is 5.97 Å². The first-order valence-corrected chi connectivity index (χ1v) is 19.1. The third kappa shape index (κ3) is 8.85. The number of carbonyl (C=O) groups is 2. The van der Waals surface area contributed by atoms with Crippen LogP contribution in [0.5, 0.6) is 0 Å². The minimum Gasteiger partial charge on any atom is -0.478 e. The van der Waals surface area contributed by atoms with E-state index in [9.17, 15) is 9.59 Å². The fourth-order valence-electron chi connectivity index (χ4n) is 7.04. The van der Waals surface area contributed by atoms with Crippen LogP contribution in [-0.4, -0.2) is 64.2 Å². The SMILES string of the molecule is Cc1cccc(N)c1C(=O)O.Cc1cn2nc([C@@H]3CCCCN3)cc2nc1Cl.Cc1cn2nc([C@@H]3CCCCN3C(=O)c3c(C)cccc3N)cc2nc1Cl. The number of likely N-dealkylation sites (tertiary alicyclic amines) is 1. The average molecular weight is 786 g/mol. The van der Waals surface area contributed by atoms with Gasteiger partial charge in [0.05, 0.1) is 34.6 Å². The fraction of sp³-hybridized carbons (Fsp3) is 0.350. The number of nitrogens with one attached hydrogen (secondary N) is 1. The highest BCUT2D eigenvalue weighted by Crippen LogP contribution is 2.34. The summed E-state index contributed by atoms with van der Waals surface area (Å²) in [5, 5.41) is 22.4. The number of rotatable bonds is 4. The molecule has 15 heteroatoms. The number of carbonyl (C=O) groups excluding carboxylic acids is 1. The van der Waals surface area contributed by atoms with E-state index in [0.717, 1.165) is 66.0 Å². The molecule has 6 N–H and O–H groups in total. The second kappa shape index (κ2) is 17.1. The third-order valence-electron chi connectivity index (χ3n) is 9.99. The van der Waals surface area contributed by atoms with Gasteiger partial charge in [-0.15, -0.1) is 0 Å². The Morgan fingerprint density at radius 2 is 1.29 bits per heavy atom. The molecular formula is C40H46Cl2N10O3. The Morgan fingerprint density at radius 1 is 0.745 bits per heavy atom. The quantitative estimate of drug-likeness (QED) is 0.102. The van der Waals surface area contributed by atoms with Crippen molar-refractivity contribution in [3.05, 3.63) is 116 Å². The van der Waals surface area contributed by atoms with Gasteiger partial charge in [-0.05, 0) is 89.6 Å². The number of nitrogens with zero attached hydrogens (tertiary/aromatic N) is 7. The van der Waals surface area contributed by atoms with Gasteiger partial charge in [0.1, 0.15) is 10.3 Å². The summed E-state index contributed by atoms with van der Waals surface area (Å²) in [5.74, 6) is -1.00. The van der Waals surface area contributed by atoms with Crippen LogP contribution in [0.3, 0.4) is 0 Å². The van der Waals surface area contributed by atoms with Crippen LogP contribution in [0.15, 0.2) is 60.9 Å². The van der Waals surface area contributed by atoms with Crippen molar-refractivity contribution in [1.82, 2.24) is 39.4 Å². The Morgan fingerprint density at radius 3 is 1.82 bits per heavy atom. The molecule has 0 radical (unpaired) electrons. The average Bonchev–Trinajstić information content (AvgIpc) is 3.76. The van der Waals surface area contributed by atoms with Crippen molar-refractivity contribution in [2.45, 2.75) is 78.3 Å². The maximum atomic E-state index is 13.3. The van der Waals surface area contributed by atoms with Gasteiger partial charge in [0.25, 0.3) is 5.91 Å². The molecule has 6 heterocycles. The van der Waals surface area contributed by atoms with Crippen molar-refractivity contribution >= 4 is 57.7 Å². The number of carboxylic acids is 1. The molecule has 0 unspecified atom stereocenters. The number of fused-ring (bicyclic) bond motifs is 2. The lowest BCUT2D eigenvalue weighted by molar-refractivity contribution is 0.0605. The molecule has 4 aromatic heterocycles. The van der Waals surface area contributed by atoms with Gasteiger partial charge in [-0.1, -0.05) is 53.9 Å². The zero-order valence-electron chi connectivity index (χ0n) is 31.4. The molecule has 1 amide bonds. The van der Waals surface area contributed by atoms with Gasteiger partial charge in [0, 0.05) is 53.6 Å². The Balaban J connectivity index is 0.000000156. The molecule has 2 fully saturated rings. The molecule has 0 spiro atoms. The van der Waals surface area contributed by atoms with Gasteiger partial charge in [0.2, 0.25) is 0 Å². The number of carboxylic acid groups (broad SMARTS) is 1. The van der Waals surface area contributed by atoms with Crippen LogP contribution < -0.4 is 16.8 Å². The fourth-order valence-corrected chi connectivity index (χ4v) is 7.31. The van der Waals surface area contributed by atoms with Gasteiger partial charge in [-0.3, -0.25) is 4.79 Å². The summed E-state index contributed by atoms with van der Waals surface area (Å²) >= 11 is 12.2. The highest BCUT2D eigenvalue weighted by atomic mass is 35.5. The molecule has 13 nitrogen and oxygen atoms in total. The number of nitrogens with two attached hydrogens (primary N) is 2. The van der Waals surface area contributed by atoms with Gasteiger partial charge in [0.15, 0.2) is 11.3 Å². The zero-order chi connectivity index (χ0) is 39.4. The normalized spacial score (nSPS) is 16.9. The van der Waals surface area contributed by atoms with Gasteiger partial charge in [-0.25, -0.2) is 23.8 Å². The van der Waals surface area contributed by atoms with Gasteiger partial charge < -0.3 is 26.8 Å². The predicted octanol–water partition coefficient (Wildman–Crippen LogP) is 7.73. The van der Waals surface area contributed by atoms with Crippen LogP contribution in [-0.2, 0) is 0 Å². The molecule has 288 valence electrons.